The lowest BCUT2D eigenvalue weighted by Crippen LogP contribution is -2.57. The average Bonchev–Trinajstić information content (AvgIpc) is 2.91. The summed E-state index contributed by atoms with van der Waals surface area (Å²) in [6.07, 6.45) is 0. The number of hydrogen-bond donors (Lipinski definition) is 2. The van der Waals surface area contributed by atoms with Crippen LogP contribution in [0.1, 0.15) is 12.5 Å². The van der Waals surface area contributed by atoms with Crippen molar-refractivity contribution in [3.8, 4) is 11.5 Å². The first kappa shape index (κ1) is 14.1. The fourth-order valence-corrected chi connectivity index (χ4v) is 2.24. The number of fused-ring (bicyclic) bond motifs is 1. The SMILES string of the molecule is CC(=NCc1ccc2c(c1)OCO2)C1C(=O)NC(=O)NC1=O. The smallest absolute Gasteiger partial charge is 0.328 e. The van der Waals surface area contributed by atoms with Crippen molar-refractivity contribution in [3.05, 3.63) is 23.8 Å². The Morgan fingerprint density at radius 1 is 1.18 bits per heavy atom. The highest BCUT2D eigenvalue weighted by molar-refractivity contribution is 6.27. The molecule has 114 valence electrons. The van der Waals surface area contributed by atoms with Crippen LogP contribution in [0.2, 0.25) is 0 Å². The fraction of sp³-hybridized carbons (Fsp3) is 0.286. The molecule has 8 nitrogen and oxygen atoms in total. The minimum Gasteiger partial charge on any atom is -0.454 e. The van der Waals surface area contributed by atoms with Crippen molar-refractivity contribution in [1.82, 2.24) is 10.6 Å². The molecular formula is C14H13N3O5. The second kappa shape index (κ2) is 5.47. The minimum atomic E-state index is -1.09. The fourth-order valence-electron chi connectivity index (χ4n) is 2.24. The van der Waals surface area contributed by atoms with E-state index in [4.69, 9.17) is 9.47 Å². The van der Waals surface area contributed by atoms with Gasteiger partial charge in [-0.05, 0) is 24.6 Å². The third-order valence-corrected chi connectivity index (χ3v) is 3.36. The van der Waals surface area contributed by atoms with E-state index < -0.39 is 23.8 Å². The van der Waals surface area contributed by atoms with E-state index >= 15 is 0 Å². The van der Waals surface area contributed by atoms with Gasteiger partial charge in [-0.2, -0.15) is 0 Å². The topological polar surface area (TPSA) is 106 Å². The number of carbonyl (C=O) groups is 3. The van der Waals surface area contributed by atoms with E-state index in [0.29, 0.717) is 17.2 Å². The summed E-state index contributed by atoms with van der Waals surface area (Å²) in [7, 11) is 0. The molecule has 0 unspecified atom stereocenters. The molecule has 0 aliphatic carbocycles. The zero-order chi connectivity index (χ0) is 15.7. The molecule has 1 fully saturated rings. The number of benzene rings is 1. The third kappa shape index (κ3) is 2.62. The van der Waals surface area contributed by atoms with Crippen LogP contribution in [-0.4, -0.2) is 30.4 Å². The Morgan fingerprint density at radius 3 is 2.59 bits per heavy atom. The number of imide groups is 2. The van der Waals surface area contributed by atoms with Gasteiger partial charge in [-0.3, -0.25) is 25.2 Å². The zero-order valence-electron chi connectivity index (χ0n) is 11.7. The molecule has 0 radical (unpaired) electrons. The standard InChI is InChI=1S/C14H13N3O5/c1-7(11-12(18)16-14(20)17-13(11)19)15-5-8-2-3-9-10(4-8)22-6-21-9/h2-4,11H,5-6H2,1H3,(H2,16,17,18,19,20). The average molecular weight is 303 g/mol. The molecule has 3 rings (SSSR count). The van der Waals surface area contributed by atoms with Gasteiger partial charge >= 0.3 is 6.03 Å². The van der Waals surface area contributed by atoms with Crippen molar-refractivity contribution < 1.29 is 23.9 Å². The number of hydrogen-bond acceptors (Lipinski definition) is 6. The van der Waals surface area contributed by atoms with Crippen molar-refractivity contribution in [3.63, 3.8) is 0 Å². The number of aliphatic imine (C=N–C) groups is 1. The lowest BCUT2D eigenvalue weighted by Gasteiger charge is -2.20. The minimum absolute atomic E-state index is 0.192. The summed E-state index contributed by atoms with van der Waals surface area (Å²) < 4.78 is 10.5. The molecule has 0 spiro atoms. The van der Waals surface area contributed by atoms with Gasteiger partial charge in [0, 0.05) is 5.71 Å². The number of barbiturate groups is 1. The summed E-state index contributed by atoms with van der Waals surface area (Å²) in [4.78, 5) is 38.7. The molecule has 1 aromatic carbocycles. The highest BCUT2D eigenvalue weighted by atomic mass is 16.7. The molecule has 1 aromatic rings. The number of nitrogens with one attached hydrogen (secondary N) is 2. The summed E-state index contributed by atoms with van der Waals surface area (Å²) in [5, 5.41) is 4.09. The summed E-state index contributed by atoms with van der Waals surface area (Å²) in [6.45, 7) is 2.05. The Balaban J connectivity index is 1.73. The van der Waals surface area contributed by atoms with Gasteiger partial charge in [-0.15, -0.1) is 0 Å². The number of urea groups is 1. The Kier molecular flexibility index (Phi) is 3.50. The van der Waals surface area contributed by atoms with Gasteiger partial charge in [-0.25, -0.2) is 4.79 Å². The molecule has 0 bridgehead atoms. The van der Waals surface area contributed by atoms with Crippen LogP contribution in [0.15, 0.2) is 23.2 Å². The summed E-state index contributed by atoms with van der Waals surface area (Å²) in [5.41, 5.74) is 1.19. The molecule has 8 heteroatoms. The lowest BCUT2D eigenvalue weighted by atomic mass is 10.0. The predicted octanol–water partition coefficient (Wildman–Crippen LogP) is 0.358. The van der Waals surface area contributed by atoms with Crippen LogP contribution in [-0.2, 0) is 16.1 Å². The molecule has 2 aliphatic heterocycles. The van der Waals surface area contributed by atoms with Gasteiger partial charge < -0.3 is 9.47 Å². The maximum Gasteiger partial charge on any atom is 0.328 e. The molecule has 0 atom stereocenters. The quantitative estimate of drug-likeness (QED) is 0.619. The Bertz CT molecular complexity index is 678. The summed E-state index contributed by atoms with van der Waals surface area (Å²) in [6, 6.07) is 4.59. The van der Waals surface area contributed by atoms with E-state index in [9.17, 15) is 14.4 Å². The van der Waals surface area contributed by atoms with Crippen LogP contribution in [0.5, 0.6) is 11.5 Å². The molecule has 1 saturated heterocycles. The molecule has 2 heterocycles. The molecule has 2 aliphatic rings. The van der Waals surface area contributed by atoms with Gasteiger partial charge in [-0.1, -0.05) is 6.07 Å². The number of carbonyl (C=O) groups excluding carboxylic acids is 3. The highest BCUT2D eigenvalue weighted by Crippen LogP contribution is 2.32. The Labute approximate surface area is 125 Å². The van der Waals surface area contributed by atoms with Gasteiger partial charge in [0.25, 0.3) is 0 Å². The number of amides is 4. The zero-order valence-corrected chi connectivity index (χ0v) is 11.7. The van der Waals surface area contributed by atoms with Crippen LogP contribution in [0.3, 0.4) is 0 Å². The Morgan fingerprint density at radius 2 is 1.86 bits per heavy atom. The van der Waals surface area contributed by atoms with E-state index in [2.05, 4.69) is 4.99 Å². The van der Waals surface area contributed by atoms with Crippen LogP contribution < -0.4 is 20.1 Å². The first-order valence-electron chi connectivity index (χ1n) is 6.60. The number of ether oxygens (including phenoxy) is 2. The van der Waals surface area contributed by atoms with Crippen molar-refractivity contribution in [2.24, 2.45) is 10.9 Å². The normalized spacial score (nSPS) is 18.2. The lowest BCUT2D eigenvalue weighted by molar-refractivity contribution is -0.132. The summed E-state index contributed by atoms with van der Waals surface area (Å²) in [5.74, 6) is -1.11. The van der Waals surface area contributed by atoms with Crippen LogP contribution in [0.25, 0.3) is 0 Å². The molecule has 4 amide bonds. The van der Waals surface area contributed by atoms with Gasteiger partial charge in [0.05, 0.1) is 6.54 Å². The van der Waals surface area contributed by atoms with Crippen LogP contribution in [0, 0.1) is 5.92 Å². The second-order valence-electron chi connectivity index (χ2n) is 4.89. The van der Waals surface area contributed by atoms with E-state index in [-0.39, 0.29) is 13.3 Å². The maximum atomic E-state index is 11.7. The molecule has 2 N–H and O–H groups in total. The van der Waals surface area contributed by atoms with E-state index in [1.807, 2.05) is 16.7 Å². The third-order valence-electron chi connectivity index (χ3n) is 3.36. The van der Waals surface area contributed by atoms with Gasteiger partial charge in [0.1, 0.15) is 0 Å². The largest absolute Gasteiger partial charge is 0.454 e. The van der Waals surface area contributed by atoms with E-state index in [1.54, 1.807) is 19.1 Å². The molecule has 22 heavy (non-hydrogen) atoms. The first-order chi connectivity index (χ1) is 10.5. The monoisotopic (exact) mass is 303 g/mol. The van der Waals surface area contributed by atoms with Gasteiger partial charge in [0.15, 0.2) is 17.4 Å². The first-order valence-corrected chi connectivity index (χ1v) is 6.60. The van der Waals surface area contributed by atoms with E-state index in [1.165, 1.54) is 0 Å². The highest BCUT2D eigenvalue weighted by Gasteiger charge is 2.36. The second-order valence-corrected chi connectivity index (χ2v) is 4.89. The van der Waals surface area contributed by atoms with Crippen molar-refractivity contribution in [2.45, 2.75) is 13.5 Å². The molecule has 0 aromatic heterocycles. The van der Waals surface area contributed by atoms with Crippen molar-refractivity contribution in [1.29, 1.82) is 0 Å². The predicted molar refractivity (Wildman–Crippen MR) is 74.5 cm³/mol. The summed E-state index contributed by atoms with van der Waals surface area (Å²) >= 11 is 0. The number of nitrogens with zero attached hydrogens (tertiary/aromatic N) is 1. The maximum absolute atomic E-state index is 11.7. The molecule has 0 saturated carbocycles. The van der Waals surface area contributed by atoms with E-state index in [0.717, 1.165) is 5.56 Å². The van der Waals surface area contributed by atoms with Gasteiger partial charge in [0.2, 0.25) is 18.6 Å². The molecular weight excluding hydrogens is 290 g/mol. The van der Waals surface area contributed by atoms with Crippen molar-refractivity contribution >= 4 is 23.6 Å². The van der Waals surface area contributed by atoms with Crippen LogP contribution >= 0.6 is 0 Å². The number of rotatable bonds is 3. The van der Waals surface area contributed by atoms with Crippen molar-refractivity contribution in [2.75, 3.05) is 6.79 Å². The van der Waals surface area contributed by atoms with Crippen LogP contribution in [0.4, 0.5) is 4.79 Å². The Hall–Kier alpha value is -2.90.